The maximum Gasteiger partial charge on any atom is 0.573 e. The first-order valence-corrected chi connectivity index (χ1v) is 11.1. The van der Waals surface area contributed by atoms with Gasteiger partial charge in [-0.1, -0.05) is 42.5 Å². The number of halogens is 3. The average Bonchev–Trinajstić information content (AvgIpc) is 3.21. The molecule has 2 aliphatic rings. The van der Waals surface area contributed by atoms with Crippen LogP contribution in [0.15, 0.2) is 78.9 Å². The van der Waals surface area contributed by atoms with Gasteiger partial charge in [-0.05, 0) is 42.0 Å². The Hall–Kier alpha value is -4.34. The molecule has 3 aromatic rings. The second-order valence-corrected chi connectivity index (χ2v) is 8.47. The maximum absolute atomic E-state index is 13.9. The molecule has 0 aromatic heterocycles. The van der Waals surface area contributed by atoms with Crippen LogP contribution in [0.3, 0.4) is 0 Å². The lowest BCUT2D eigenvalue weighted by molar-refractivity contribution is -0.274. The summed E-state index contributed by atoms with van der Waals surface area (Å²) in [7, 11) is 0. The molecule has 1 fully saturated rings. The van der Waals surface area contributed by atoms with Crippen molar-refractivity contribution in [3.05, 3.63) is 90.0 Å². The number of carbonyl (C=O) groups excluding carboxylic acids is 3. The van der Waals surface area contributed by atoms with Gasteiger partial charge in [-0.25, -0.2) is 0 Å². The molecule has 3 aromatic carbocycles. The predicted octanol–water partition coefficient (Wildman–Crippen LogP) is 4.70. The largest absolute Gasteiger partial charge is 0.573 e. The van der Waals surface area contributed by atoms with Crippen molar-refractivity contribution in [2.75, 3.05) is 10.2 Å². The summed E-state index contributed by atoms with van der Waals surface area (Å²) in [5.41, 5.74) is -0.0434. The first-order chi connectivity index (χ1) is 17.2. The first-order valence-electron chi connectivity index (χ1n) is 11.1. The molecule has 2 aliphatic heterocycles. The Bertz CT molecular complexity index is 1330. The molecule has 0 saturated carbocycles. The van der Waals surface area contributed by atoms with E-state index in [1.807, 2.05) is 30.3 Å². The van der Waals surface area contributed by atoms with E-state index >= 15 is 0 Å². The summed E-state index contributed by atoms with van der Waals surface area (Å²) in [5, 5.41) is 2.69. The fourth-order valence-corrected chi connectivity index (χ4v) is 4.74. The van der Waals surface area contributed by atoms with E-state index in [1.165, 1.54) is 21.9 Å². The van der Waals surface area contributed by atoms with Crippen LogP contribution in [0.4, 0.5) is 24.5 Å². The van der Waals surface area contributed by atoms with Crippen LogP contribution in [0.1, 0.15) is 28.8 Å². The van der Waals surface area contributed by atoms with Gasteiger partial charge in [-0.2, -0.15) is 0 Å². The highest BCUT2D eigenvalue weighted by Gasteiger charge is 2.60. The number of fused-ring (bicyclic) bond motifs is 3. The minimum atomic E-state index is -4.85. The van der Waals surface area contributed by atoms with Crippen molar-refractivity contribution < 1.29 is 32.3 Å². The van der Waals surface area contributed by atoms with E-state index in [-0.39, 0.29) is 31.0 Å². The highest BCUT2D eigenvalue weighted by Crippen LogP contribution is 2.45. The molecule has 0 bridgehead atoms. The van der Waals surface area contributed by atoms with Gasteiger partial charge in [-0.3, -0.25) is 19.3 Å². The van der Waals surface area contributed by atoms with E-state index in [2.05, 4.69) is 10.1 Å². The Morgan fingerprint density at radius 2 is 1.61 bits per heavy atom. The molecule has 0 radical (unpaired) electrons. The fourth-order valence-electron chi connectivity index (χ4n) is 4.74. The van der Waals surface area contributed by atoms with Gasteiger partial charge >= 0.3 is 6.36 Å². The molecule has 2 heterocycles. The molecule has 184 valence electrons. The van der Waals surface area contributed by atoms with E-state index in [1.54, 1.807) is 24.3 Å². The molecule has 5 rings (SSSR count). The summed E-state index contributed by atoms with van der Waals surface area (Å²) < 4.78 is 41.4. The third-order valence-electron chi connectivity index (χ3n) is 6.27. The van der Waals surface area contributed by atoms with Crippen molar-refractivity contribution in [2.45, 2.75) is 31.4 Å². The van der Waals surface area contributed by atoms with Gasteiger partial charge in [0, 0.05) is 25.1 Å². The predicted molar refractivity (Wildman–Crippen MR) is 124 cm³/mol. The number of para-hydroxylation sites is 1. The molecule has 1 atom stereocenters. The third-order valence-corrected chi connectivity index (χ3v) is 6.27. The van der Waals surface area contributed by atoms with Crippen molar-refractivity contribution >= 4 is 29.1 Å². The van der Waals surface area contributed by atoms with Crippen molar-refractivity contribution in [3.8, 4) is 5.75 Å². The zero-order valence-corrected chi connectivity index (χ0v) is 18.8. The highest BCUT2D eigenvalue weighted by atomic mass is 19.4. The van der Waals surface area contributed by atoms with Gasteiger partial charge in [0.1, 0.15) is 5.75 Å². The molecule has 0 unspecified atom stereocenters. The van der Waals surface area contributed by atoms with Crippen LogP contribution in [-0.4, -0.2) is 34.6 Å². The van der Waals surface area contributed by atoms with Crippen LogP contribution < -0.4 is 15.0 Å². The van der Waals surface area contributed by atoms with Gasteiger partial charge < -0.3 is 15.0 Å². The summed E-state index contributed by atoms with van der Waals surface area (Å²) in [4.78, 5) is 43.4. The van der Waals surface area contributed by atoms with Crippen LogP contribution >= 0.6 is 0 Å². The van der Waals surface area contributed by atoms with E-state index in [9.17, 15) is 27.6 Å². The SMILES string of the molecule is O=C1c2ccccc2N2C(=O)CC[C@@]2(C(=O)Nc2ccc(OC(F)(F)F)cc2)N1Cc1ccccc1. The minimum absolute atomic E-state index is 0.0404. The maximum atomic E-state index is 13.9. The lowest BCUT2D eigenvalue weighted by Gasteiger charge is -2.49. The van der Waals surface area contributed by atoms with Crippen LogP contribution in [0.5, 0.6) is 5.75 Å². The number of nitrogens with zero attached hydrogens (tertiary/aromatic N) is 2. The molecule has 1 saturated heterocycles. The normalized spacial score (nSPS) is 19.1. The monoisotopic (exact) mass is 495 g/mol. The molecular formula is C26H20F3N3O4. The Labute approximate surface area is 204 Å². The number of rotatable bonds is 5. The Kier molecular flexibility index (Phi) is 5.66. The van der Waals surface area contributed by atoms with Crippen molar-refractivity contribution in [1.29, 1.82) is 0 Å². The molecular weight excluding hydrogens is 475 g/mol. The molecule has 36 heavy (non-hydrogen) atoms. The summed E-state index contributed by atoms with van der Waals surface area (Å²) in [6.45, 7) is 0.0730. The van der Waals surface area contributed by atoms with Gasteiger partial charge in [0.25, 0.3) is 11.8 Å². The number of carbonyl (C=O) groups is 3. The van der Waals surface area contributed by atoms with E-state index in [4.69, 9.17) is 0 Å². The summed E-state index contributed by atoms with van der Waals surface area (Å²) in [6.07, 6.45) is -4.75. The number of anilines is 2. The lowest BCUT2D eigenvalue weighted by atomic mass is 9.94. The minimum Gasteiger partial charge on any atom is -0.406 e. The number of nitrogens with one attached hydrogen (secondary N) is 1. The topological polar surface area (TPSA) is 79.0 Å². The summed E-state index contributed by atoms with van der Waals surface area (Å²) in [5.74, 6) is -1.79. The zero-order valence-electron chi connectivity index (χ0n) is 18.8. The fraction of sp³-hybridized carbons (Fsp3) is 0.192. The Morgan fingerprint density at radius 3 is 2.31 bits per heavy atom. The number of hydrogen-bond donors (Lipinski definition) is 1. The van der Waals surface area contributed by atoms with Gasteiger partial charge in [0.15, 0.2) is 0 Å². The second-order valence-electron chi connectivity index (χ2n) is 8.47. The van der Waals surface area contributed by atoms with E-state index in [0.717, 1.165) is 17.7 Å². The van der Waals surface area contributed by atoms with Gasteiger partial charge in [0.2, 0.25) is 11.6 Å². The summed E-state index contributed by atoms with van der Waals surface area (Å²) in [6, 6.07) is 20.4. The van der Waals surface area contributed by atoms with Crippen LogP contribution in [0, 0.1) is 0 Å². The second kappa shape index (κ2) is 8.71. The molecule has 0 spiro atoms. The number of alkyl halides is 3. The van der Waals surface area contributed by atoms with Crippen molar-refractivity contribution in [1.82, 2.24) is 4.90 Å². The van der Waals surface area contributed by atoms with Gasteiger partial charge in [-0.15, -0.1) is 13.2 Å². The smallest absolute Gasteiger partial charge is 0.406 e. The van der Waals surface area contributed by atoms with Crippen LogP contribution in [0.25, 0.3) is 0 Å². The Morgan fingerprint density at radius 1 is 0.944 bits per heavy atom. The molecule has 1 N–H and O–H groups in total. The quantitative estimate of drug-likeness (QED) is 0.557. The standard InChI is InChI=1S/C26H20F3N3O4/c27-26(28,29)36-19-12-10-18(11-13-19)30-24(35)25-15-14-22(33)32(25)21-9-5-4-8-20(21)23(34)31(25)16-17-6-2-1-3-7-17/h1-13H,14-16H2,(H,30,35)/t25-/m1/s1. The molecule has 3 amide bonds. The van der Waals surface area contributed by atoms with E-state index < -0.39 is 29.6 Å². The highest BCUT2D eigenvalue weighted by molar-refractivity contribution is 6.18. The van der Waals surface area contributed by atoms with Crippen molar-refractivity contribution in [2.24, 2.45) is 0 Å². The zero-order chi connectivity index (χ0) is 25.5. The molecule has 0 aliphatic carbocycles. The molecule has 7 nitrogen and oxygen atoms in total. The number of benzene rings is 3. The van der Waals surface area contributed by atoms with Crippen LogP contribution in [0.2, 0.25) is 0 Å². The van der Waals surface area contributed by atoms with E-state index in [0.29, 0.717) is 11.3 Å². The first kappa shape index (κ1) is 23.4. The average molecular weight is 495 g/mol. The van der Waals surface area contributed by atoms with Crippen LogP contribution in [-0.2, 0) is 16.1 Å². The summed E-state index contributed by atoms with van der Waals surface area (Å²) >= 11 is 0. The molecule has 10 heteroatoms. The Balaban J connectivity index is 1.54. The number of hydrogen-bond acceptors (Lipinski definition) is 4. The lowest BCUT2D eigenvalue weighted by Crippen LogP contribution is -2.69. The number of ether oxygens (including phenoxy) is 1. The van der Waals surface area contributed by atoms with Gasteiger partial charge in [0.05, 0.1) is 11.3 Å². The number of amides is 3. The van der Waals surface area contributed by atoms with Crippen molar-refractivity contribution in [3.63, 3.8) is 0 Å². The third kappa shape index (κ3) is 4.04.